The summed E-state index contributed by atoms with van der Waals surface area (Å²) in [5.41, 5.74) is 1.71. The lowest BCUT2D eigenvalue weighted by atomic mass is 10.1. The third-order valence-corrected chi connectivity index (χ3v) is 6.16. The van der Waals surface area contributed by atoms with Crippen LogP contribution in [-0.2, 0) is 11.4 Å². The number of halogens is 2. The number of carbonyl (C=O) groups is 1. The van der Waals surface area contributed by atoms with Crippen molar-refractivity contribution in [3.05, 3.63) is 62.5 Å². The number of hydrogen-bond donors (Lipinski definition) is 0. The van der Waals surface area contributed by atoms with Crippen molar-refractivity contribution < 1.29 is 14.3 Å². The number of nitrogens with zero attached hydrogens (tertiary/aromatic N) is 1. The van der Waals surface area contributed by atoms with Gasteiger partial charge in [-0.3, -0.25) is 9.69 Å². The third-order valence-electron chi connectivity index (χ3n) is 4.25. The Balaban J connectivity index is 1.85. The van der Waals surface area contributed by atoms with Crippen molar-refractivity contribution in [2.24, 2.45) is 0 Å². The summed E-state index contributed by atoms with van der Waals surface area (Å²) in [6, 6.07) is 11.0. The summed E-state index contributed by atoms with van der Waals surface area (Å²) in [7, 11) is 0. The first-order valence-corrected chi connectivity index (χ1v) is 11.5. The van der Waals surface area contributed by atoms with Gasteiger partial charge in [0.15, 0.2) is 11.5 Å². The lowest BCUT2D eigenvalue weighted by Crippen LogP contribution is -2.28. The van der Waals surface area contributed by atoms with Crippen LogP contribution in [0.3, 0.4) is 0 Å². The smallest absolute Gasteiger partial charge is 0.266 e. The van der Waals surface area contributed by atoms with Crippen molar-refractivity contribution in [3.8, 4) is 11.5 Å². The van der Waals surface area contributed by atoms with Crippen LogP contribution in [-0.4, -0.2) is 28.3 Å². The zero-order chi connectivity index (χ0) is 21.7. The first-order valence-electron chi connectivity index (χ1n) is 9.51. The van der Waals surface area contributed by atoms with Crippen LogP contribution >= 0.6 is 47.2 Å². The maximum Gasteiger partial charge on any atom is 0.266 e. The van der Waals surface area contributed by atoms with E-state index in [1.807, 2.05) is 44.2 Å². The van der Waals surface area contributed by atoms with Gasteiger partial charge in [-0.2, -0.15) is 0 Å². The molecule has 4 nitrogen and oxygen atoms in total. The first-order chi connectivity index (χ1) is 14.4. The van der Waals surface area contributed by atoms with Gasteiger partial charge in [0, 0.05) is 11.6 Å². The van der Waals surface area contributed by atoms with Crippen LogP contribution in [0.5, 0.6) is 11.5 Å². The van der Waals surface area contributed by atoms with E-state index in [2.05, 4.69) is 0 Å². The van der Waals surface area contributed by atoms with Crippen LogP contribution in [0.2, 0.25) is 10.0 Å². The van der Waals surface area contributed by atoms with Crippen LogP contribution in [0.1, 0.15) is 31.4 Å². The Hall–Kier alpha value is -1.73. The number of thiocarbonyl (C=S) groups is 1. The molecule has 1 aliphatic heterocycles. The molecule has 0 saturated carbocycles. The Kier molecular flexibility index (Phi) is 8.06. The highest BCUT2D eigenvalue weighted by molar-refractivity contribution is 8.26. The van der Waals surface area contributed by atoms with E-state index < -0.39 is 0 Å². The molecule has 0 spiro atoms. The van der Waals surface area contributed by atoms with E-state index in [4.69, 9.17) is 44.9 Å². The second-order valence-electron chi connectivity index (χ2n) is 6.51. The predicted octanol–water partition coefficient (Wildman–Crippen LogP) is 6.58. The zero-order valence-corrected chi connectivity index (χ0v) is 19.8. The van der Waals surface area contributed by atoms with E-state index in [0.717, 1.165) is 17.5 Å². The number of ether oxygens (including phenoxy) is 2. The molecule has 0 N–H and O–H groups in total. The normalized spacial score (nSPS) is 15.2. The van der Waals surface area contributed by atoms with Crippen molar-refractivity contribution in [2.45, 2.75) is 26.9 Å². The number of rotatable bonds is 8. The van der Waals surface area contributed by atoms with Crippen LogP contribution in [0.4, 0.5) is 0 Å². The van der Waals surface area contributed by atoms with E-state index in [1.165, 1.54) is 11.8 Å². The van der Waals surface area contributed by atoms with Gasteiger partial charge < -0.3 is 9.47 Å². The SMILES string of the molecule is CCCN1C(=O)/C(=C/c2cc(Cl)c(OCc3ccc(Cl)cc3)c(OCC)c2)SC1=S. The number of amides is 1. The fraction of sp³-hybridized carbons (Fsp3) is 0.273. The zero-order valence-electron chi connectivity index (χ0n) is 16.6. The predicted molar refractivity (Wildman–Crippen MR) is 129 cm³/mol. The molecule has 0 radical (unpaired) electrons. The quantitative estimate of drug-likeness (QED) is 0.314. The van der Waals surface area contributed by atoms with E-state index in [0.29, 0.717) is 50.5 Å². The van der Waals surface area contributed by atoms with Gasteiger partial charge >= 0.3 is 0 Å². The summed E-state index contributed by atoms with van der Waals surface area (Å²) >= 11 is 19.1. The average Bonchev–Trinajstić information content (AvgIpc) is 2.97. The molecule has 0 aliphatic carbocycles. The maximum atomic E-state index is 12.6. The summed E-state index contributed by atoms with van der Waals surface area (Å²) in [5, 5.41) is 1.07. The van der Waals surface area contributed by atoms with E-state index in [-0.39, 0.29) is 5.91 Å². The number of carbonyl (C=O) groups excluding carboxylic acids is 1. The topological polar surface area (TPSA) is 38.8 Å². The highest BCUT2D eigenvalue weighted by Crippen LogP contribution is 2.39. The van der Waals surface area contributed by atoms with Crippen molar-refractivity contribution in [3.63, 3.8) is 0 Å². The van der Waals surface area contributed by atoms with Gasteiger partial charge in [0.05, 0.1) is 16.5 Å². The van der Waals surface area contributed by atoms with Crippen molar-refractivity contribution in [1.29, 1.82) is 0 Å². The van der Waals surface area contributed by atoms with Crippen LogP contribution < -0.4 is 9.47 Å². The van der Waals surface area contributed by atoms with Gasteiger partial charge in [-0.15, -0.1) is 0 Å². The fourth-order valence-corrected chi connectivity index (χ4v) is 4.59. The molecule has 8 heteroatoms. The highest BCUT2D eigenvalue weighted by Gasteiger charge is 2.31. The third kappa shape index (κ3) is 5.49. The molecule has 1 aliphatic rings. The lowest BCUT2D eigenvalue weighted by molar-refractivity contribution is -0.122. The van der Waals surface area contributed by atoms with Gasteiger partial charge in [-0.05, 0) is 54.8 Å². The van der Waals surface area contributed by atoms with Crippen LogP contribution in [0, 0.1) is 0 Å². The van der Waals surface area contributed by atoms with Crippen molar-refractivity contribution in [2.75, 3.05) is 13.2 Å². The van der Waals surface area contributed by atoms with Gasteiger partial charge in [0.1, 0.15) is 10.9 Å². The summed E-state index contributed by atoms with van der Waals surface area (Å²) in [5.74, 6) is 0.905. The molecular formula is C22H21Cl2NO3S2. The van der Waals surface area contributed by atoms with E-state index in [1.54, 1.807) is 17.0 Å². The molecule has 1 saturated heterocycles. The summed E-state index contributed by atoms with van der Waals surface area (Å²) in [6.45, 7) is 5.30. The van der Waals surface area contributed by atoms with Crippen molar-refractivity contribution >= 4 is 63.5 Å². The molecule has 3 rings (SSSR count). The Labute approximate surface area is 196 Å². The van der Waals surface area contributed by atoms with Gasteiger partial charge in [0.25, 0.3) is 5.91 Å². The molecule has 1 amide bonds. The first kappa shape index (κ1) is 22.9. The molecule has 2 aromatic rings. The lowest BCUT2D eigenvalue weighted by Gasteiger charge is -2.15. The Morgan fingerprint density at radius 3 is 2.53 bits per heavy atom. The minimum absolute atomic E-state index is 0.0796. The molecule has 2 aromatic carbocycles. The Morgan fingerprint density at radius 2 is 1.87 bits per heavy atom. The Morgan fingerprint density at radius 1 is 1.13 bits per heavy atom. The molecular weight excluding hydrogens is 461 g/mol. The van der Waals surface area contributed by atoms with Crippen LogP contribution in [0.25, 0.3) is 6.08 Å². The molecule has 0 bridgehead atoms. The maximum absolute atomic E-state index is 12.6. The minimum Gasteiger partial charge on any atom is -0.490 e. The van der Waals surface area contributed by atoms with Crippen LogP contribution in [0.15, 0.2) is 41.3 Å². The number of thioether (sulfide) groups is 1. The summed E-state index contributed by atoms with van der Waals surface area (Å²) in [6.07, 6.45) is 2.63. The molecule has 158 valence electrons. The van der Waals surface area contributed by atoms with Crippen molar-refractivity contribution in [1.82, 2.24) is 4.90 Å². The number of hydrogen-bond acceptors (Lipinski definition) is 5. The van der Waals surface area contributed by atoms with E-state index >= 15 is 0 Å². The van der Waals surface area contributed by atoms with Gasteiger partial charge in [0.2, 0.25) is 0 Å². The summed E-state index contributed by atoms with van der Waals surface area (Å²) < 4.78 is 12.3. The average molecular weight is 482 g/mol. The summed E-state index contributed by atoms with van der Waals surface area (Å²) in [4.78, 5) is 14.8. The highest BCUT2D eigenvalue weighted by atomic mass is 35.5. The Bertz CT molecular complexity index is 977. The monoisotopic (exact) mass is 481 g/mol. The van der Waals surface area contributed by atoms with E-state index in [9.17, 15) is 4.79 Å². The molecule has 0 aromatic heterocycles. The number of benzene rings is 2. The second kappa shape index (κ2) is 10.5. The van der Waals surface area contributed by atoms with Gasteiger partial charge in [-0.25, -0.2) is 0 Å². The molecule has 1 heterocycles. The molecule has 0 atom stereocenters. The standard InChI is InChI=1S/C22H21Cl2NO3S2/c1-3-9-25-21(26)19(30-22(25)29)12-15-10-17(24)20(18(11-15)27-4-2)28-13-14-5-7-16(23)8-6-14/h5-8,10-12H,3-4,9,13H2,1-2H3/b19-12-. The minimum atomic E-state index is -0.0796. The molecule has 0 unspecified atom stereocenters. The molecule has 1 fully saturated rings. The van der Waals surface area contributed by atoms with Gasteiger partial charge in [-0.1, -0.05) is 66.2 Å². The largest absolute Gasteiger partial charge is 0.490 e. The fourth-order valence-electron chi connectivity index (χ4n) is 2.88. The second-order valence-corrected chi connectivity index (χ2v) is 9.03. The molecule has 30 heavy (non-hydrogen) atoms.